The Morgan fingerprint density at radius 3 is 2.46 bits per heavy atom. The van der Waals surface area contributed by atoms with Crippen LogP contribution in [0, 0.1) is 0 Å². The fourth-order valence-electron chi connectivity index (χ4n) is 4.32. The van der Waals surface area contributed by atoms with E-state index < -0.39 is 0 Å². The number of nitrogens with one attached hydrogen (secondary N) is 1. The van der Waals surface area contributed by atoms with Gasteiger partial charge in [-0.05, 0) is 69.0 Å². The lowest BCUT2D eigenvalue weighted by atomic mass is 10.1. The van der Waals surface area contributed by atoms with E-state index in [0.717, 1.165) is 38.8 Å². The van der Waals surface area contributed by atoms with E-state index in [1.807, 2.05) is 11.8 Å². The zero-order chi connectivity index (χ0) is 24.8. The molecule has 9 heteroatoms. The Bertz CT molecular complexity index is 1100. The van der Waals surface area contributed by atoms with Crippen molar-refractivity contribution in [1.29, 1.82) is 0 Å². The molecule has 2 aliphatic rings. The maximum absolute atomic E-state index is 12.9. The zero-order valence-corrected chi connectivity index (χ0v) is 20.6. The molecule has 2 fully saturated rings. The van der Waals surface area contributed by atoms with Gasteiger partial charge in [0, 0.05) is 37.3 Å². The van der Waals surface area contributed by atoms with Gasteiger partial charge >= 0.3 is 0 Å². The second-order valence-electron chi connectivity index (χ2n) is 8.59. The summed E-state index contributed by atoms with van der Waals surface area (Å²) in [6.07, 6.45) is 4.51. The summed E-state index contributed by atoms with van der Waals surface area (Å²) in [4.78, 5) is 40.8. The van der Waals surface area contributed by atoms with Gasteiger partial charge in [-0.1, -0.05) is 11.6 Å². The Morgan fingerprint density at radius 1 is 0.971 bits per heavy atom. The maximum Gasteiger partial charge on any atom is 0.260 e. The lowest BCUT2D eigenvalue weighted by molar-refractivity contribution is -0.134. The van der Waals surface area contributed by atoms with Gasteiger partial charge < -0.3 is 24.6 Å². The van der Waals surface area contributed by atoms with Crippen molar-refractivity contribution >= 4 is 40.7 Å². The fraction of sp³-hybridized carbons (Fsp3) is 0.423. The van der Waals surface area contributed by atoms with Gasteiger partial charge in [0.05, 0.1) is 17.3 Å². The monoisotopic (exact) mass is 499 g/mol. The summed E-state index contributed by atoms with van der Waals surface area (Å²) in [5.41, 5.74) is 1.53. The summed E-state index contributed by atoms with van der Waals surface area (Å²) in [5, 5.41) is 3.22. The summed E-state index contributed by atoms with van der Waals surface area (Å²) in [6.45, 7) is 4.31. The second kappa shape index (κ2) is 11.4. The summed E-state index contributed by atoms with van der Waals surface area (Å²) in [6, 6.07) is 9.95. The van der Waals surface area contributed by atoms with Crippen molar-refractivity contribution < 1.29 is 23.9 Å². The van der Waals surface area contributed by atoms with E-state index in [2.05, 4.69) is 5.32 Å². The third-order valence-electron chi connectivity index (χ3n) is 6.14. The largest absolute Gasteiger partial charge is 0.490 e. The van der Waals surface area contributed by atoms with Crippen LogP contribution in [0.3, 0.4) is 0 Å². The van der Waals surface area contributed by atoms with Gasteiger partial charge in [-0.2, -0.15) is 0 Å². The van der Waals surface area contributed by atoms with Crippen LogP contribution in [0.2, 0.25) is 5.02 Å². The molecule has 186 valence electrons. The third kappa shape index (κ3) is 6.06. The Hall–Kier alpha value is -3.26. The smallest absolute Gasteiger partial charge is 0.260 e. The molecule has 0 spiro atoms. The first-order valence-electron chi connectivity index (χ1n) is 12.0. The molecule has 0 aromatic heterocycles. The van der Waals surface area contributed by atoms with Crippen molar-refractivity contribution in [3.63, 3.8) is 0 Å². The van der Waals surface area contributed by atoms with Crippen LogP contribution in [0.25, 0.3) is 0 Å². The van der Waals surface area contributed by atoms with Crippen LogP contribution >= 0.6 is 11.6 Å². The van der Waals surface area contributed by atoms with E-state index in [0.29, 0.717) is 53.0 Å². The number of halogens is 1. The van der Waals surface area contributed by atoms with Crippen molar-refractivity contribution in [2.75, 3.05) is 43.1 Å². The Balaban J connectivity index is 1.42. The molecule has 0 saturated carbocycles. The van der Waals surface area contributed by atoms with Crippen LogP contribution in [0.4, 0.5) is 11.4 Å². The van der Waals surface area contributed by atoms with Gasteiger partial charge in [0.2, 0.25) is 5.91 Å². The molecule has 1 N–H and O–H groups in total. The van der Waals surface area contributed by atoms with E-state index in [-0.39, 0.29) is 24.3 Å². The minimum Gasteiger partial charge on any atom is -0.490 e. The lowest BCUT2D eigenvalue weighted by Crippen LogP contribution is -2.38. The number of likely N-dealkylation sites (tertiary alicyclic amines) is 1. The average Bonchev–Trinajstić information content (AvgIpc) is 3.29. The van der Waals surface area contributed by atoms with Crippen LogP contribution in [0.5, 0.6) is 11.5 Å². The molecule has 2 aromatic carbocycles. The molecule has 2 aromatic rings. The van der Waals surface area contributed by atoms with Crippen molar-refractivity contribution in [2.45, 2.75) is 39.0 Å². The molecule has 0 unspecified atom stereocenters. The Labute approximate surface area is 210 Å². The number of ether oxygens (including phenoxy) is 2. The number of carbonyl (C=O) groups is 3. The summed E-state index contributed by atoms with van der Waals surface area (Å²) >= 11 is 6.40. The molecule has 0 atom stereocenters. The Kier molecular flexibility index (Phi) is 8.13. The SMILES string of the molecule is CCOc1cc(C(=O)Nc2ccc(N3CCCC3=O)c(Cl)c2)ccc1OCC(=O)N1CCCCC1. The van der Waals surface area contributed by atoms with Gasteiger partial charge in [-0.15, -0.1) is 0 Å². The van der Waals surface area contributed by atoms with E-state index >= 15 is 0 Å². The zero-order valence-electron chi connectivity index (χ0n) is 19.8. The normalized spacial score (nSPS) is 15.8. The van der Waals surface area contributed by atoms with Crippen LogP contribution in [0.1, 0.15) is 49.4 Å². The molecule has 2 saturated heterocycles. The van der Waals surface area contributed by atoms with Gasteiger partial charge in [0.1, 0.15) is 0 Å². The highest BCUT2D eigenvalue weighted by atomic mass is 35.5. The number of benzene rings is 2. The molecule has 2 aliphatic heterocycles. The van der Waals surface area contributed by atoms with Crippen molar-refractivity contribution in [3.8, 4) is 11.5 Å². The second-order valence-corrected chi connectivity index (χ2v) is 9.00. The van der Waals surface area contributed by atoms with Gasteiger partial charge in [-0.25, -0.2) is 0 Å². The van der Waals surface area contributed by atoms with E-state index in [1.165, 1.54) is 0 Å². The Morgan fingerprint density at radius 2 is 1.77 bits per heavy atom. The minimum absolute atomic E-state index is 0.0482. The highest BCUT2D eigenvalue weighted by molar-refractivity contribution is 6.34. The number of hydrogen-bond donors (Lipinski definition) is 1. The standard InChI is InChI=1S/C26H30ClN3O5/c1-2-34-23-15-18(8-11-22(23)35-17-25(32)29-12-4-3-5-13-29)26(33)28-19-9-10-21(20(27)16-19)30-14-6-7-24(30)31/h8-11,15-16H,2-7,12-14,17H2,1H3,(H,28,33). The number of amides is 3. The molecule has 8 nitrogen and oxygen atoms in total. The molecule has 0 radical (unpaired) electrons. The number of hydrogen-bond acceptors (Lipinski definition) is 5. The number of nitrogens with zero attached hydrogens (tertiary/aromatic N) is 2. The van der Waals surface area contributed by atoms with Crippen LogP contribution < -0.4 is 19.7 Å². The van der Waals surface area contributed by atoms with E-state index in [4.69, 9.17) is 21.1 Å². The first-order chi connectivity index (χ1) is 17.0. The molecule has 2 heterocycles. The van der Waals surface area contributed by atoms with Gasteiger partial charge in [-0.3, -0.25) is 14.4 Å². The van der Waals surface area contributed by atoms with E-state index in [1.54, 1.807) is 41.3 Å². The number of rotatable bonds is 8. The van der Waals surface area contributed by atoms with Crippen molar-refractivity contribution in [2.24, 2.45) is 0 Å². The number of carbonyl (C=O) groups excluding carboxylic acids is 3. The molecular formula is C26H30ClN3O5. The predicted molar refractivity (Wildman–Crippen MR) is 135 cm³/mol. The molecule has 0 aliphatic carbocycles. The van der Waals surface area contributed by atoms with Gasteiger partial charge in [0.15, 0.2) is 18.1 Å². The van der Waals surface area contributed by atoms with Crippen LogP contribution in [-0.4, -0.2) is 55.5 Å². The van der Waals surface area contributed by atoms with Crippen LogP contribution in [0.15, 0.2) is 36.4 Å². The predicted octanol–water partition coefficient (Wildman–Crippen LogP) is 4.51. The minimum atomic E-state index is -0.344. The lowest BCUT2D eigenvalue weighted by Gasteiger charge is -2.26. The van der Waals surface area contributed by atoms with Crippen molar-refractivity contribution in [3.05, 3.63) is 47.0 Å². The first-order valence-corrected chi connectivity index (χ1v) is 12.4. The fourth-order valence-corrected chi connectivity index (χ4v) is 4.60. The molecule has 3 amide bonds. The maximum atomic E-state index is 12.9. The summed E-state index contributed by atoms with van der Waals surface area (Å²) in [7, 11) is 0. The molecule has 0 bridgehead atoms. The highest BCUT2D eigenvalue weighted by Crippen LogP contribution is 2.33. The quantitative estimate of drug-likeness (QED) is 0.577. The molecule has 4 rings (SSSR count). The topological polar surface area (TPSA) is 88.2 Å². The highest BCUT2D eigenvalue weighted by Gasteiger charge is 2.24. The molecular weight excluding hydrogens is 470 g/mol. The average molecular weight is 500 g/mol. The summed E-state index contributed by atoms with van der Waals surface area (Å²) < 4.78 is 11.4. The van der Waals surface area contributed by atoms with Crippen LogP contribution in [-0.2, 0) is 9.59 Å². The number of anilines is 2. The first kappa shape index (κ1) is 24.9. The van der Waals surface area contributed by atoms with Gasteiger partial charge in [0.25, 0.3) is 11.8 Å². The van der Waals surface area contributed by atoms with Crippen molar-refractivity contribution in [1.82, 2.24) is 4.90 Å². The van der Waals surface area contributed by atoms with E-state index in [9.17, 15) is 14.4 Å². The number of piperidine rings is 1. The molecule has 35 heavy (non-hydrogen) atoms. The summed E-state index contributed by atoms with van der Waals surface area (Å²) in [5.74, 6) is 0.462. The third-order valence-corrected chi connectivity index (χ3v) is 6.44.